The highest BCUT2D eigenvalue weighted by atomic mass is 79.9. The van der Waals surface area contributed by atoms with Crippen LogP contribution in [0.5, 0.6) is 0 Å². The molecule has 3 nitrogen and oxygen atoms in total. The predicted molar refractivity (Wildman–Crippen MR) is 95.4 cm³/mol. The fraction of sp³-hybridized carbons (Fsp3) is 0.500. The van der Waals surface area contributed by atoms with Crippen molar-refractivity contribution in [1.29, 1.82) is 0 Å². The van der Waals surface area contributed by atoms with Gasteiger partial charge in [0.1, 0.15) is 6.29 Å². The molecule has 126 valence electrons. The van der Waals surface area contributed by atoms with Gasteiger partial charge < -0.3 is 5.11 Å². The Kier molecular flexibility index (Phi) is 3.72. The summed E-state index contributed by atoms with van der Waals surface area (Å²) in [7, 11) is 0. The van der Waals surface area contributed by atoms with Gasteiger partial charge in [-0.2, -0.15) is 0 Å². The maximum Gasteiger partial charge on any atom is 0.335 e. The summed E-state index contributed by atoms with van der Waals surface area (Å²) in [6.07, 6.45) is 6.13. The summed E-state index contributed by atoms with van der Waals surface area (Å²) in [4.78, 5) is 22.6. The molecular formula is C20H21BrO3. The van der Waals surface area contributed by atoms with Crippen molar-refractivity contribution in [2.24, 2.45) is 17.3 Å². The van der Waals surface area contributed by atoms with Crippen LogP contribution in [-0.2, 0) is 11.2 Å². The van der Waals surface area contributed by atoms with E-state index in [0.29, 0.717) is 23.3 Å². The fourth-order valence-electron chi connectivity index (χ4n) is 5.48. The zero-order chi connectivity index (χ0) is 17.1. The molecule has 24 heavy (non-hydrogen) atoms. The molecule has 1 saturated carbocycles. The van der Waals surface area contributed by atoms with E-state index in [9.17, 15) is 14.7 Å². The number of aryl methyl sites for hydroxylation is 1. The molecule has 0 aliphatic heterocycles. The van der Waals surface area contributed by atoms with Crippen molar-refractivity contribution in [2.75, 3.05) is 0 Å². The van der Waals surface area contributed by atoms with Crippen molar-refractivity contribution in [3.8, 4) is 0 Å². The molecule has 0 bridgehead atoms. The monoisotopic (exact) mass is 388 g/mol. The number of allylic oxidation sites excluding steroid dienone is 2. The van der Waals surface area contributed by atoms with Gasteiger partial charge in [0.25, 0.3) is 0 Å². The Balaban J connectivity index is 1.70. The molecule has 1 N–H and O–H groups in total. The van der Waals surface area contributed by atoms with Crippen LogP contribution >= 0.6 is 15.9 Å². The standard InChI is InChI=1S/C20H21BrO3/c1-20-7-6-15-14-4-3-12(19(23)24)8-11(14)2-5-16(15)17(20)9-13(10-22)18(20)21/h3-4,8,10,15-17H,2,5-7,9H2,1H3,(H,23,24). The smallest absolute Gasteiger partial charge is 0.335 e. The molecule has 4 heteroatoms. The van der Waals surface area contributed by atoms with Gasteiger partial charge in [-0.3, -0.25) is 4.79 Å². The summed E-state index contributed by atoms with van der Waals surface area (Å²) >= 11 is 3.72. The van der Waals surface area contributed by atoms with Gasteiger partial charge in [0.2, 0.25) is 0 Å². The predicted octanol–water partition coefficient (Wildman–Crippen LogP) is 4.70. The van der Waals surface area contributed by atoms with Gasteiger partial charge in [0.05, 0.1) is 5.56 Å². The van der Waals surface area contributed by atoms with E-state index in [-0.39, 0.29) is 5.41 Å². The number of carbonyl (C=O) groups excluding carboxylic acids is 1. The Bertz CT molecular complexity index is 766. The molecule has 1 aromatic carbocycles. The minimum atomic E-state index is -0.851. The van der Waals surface area contributed by atoms with Crippen LogP contribution in [0.15, 0.2) is 28.3 Å². The molecule has 0 spiro atoms. The van der Waals surface area contributed by atoms with Crippen molar-refractivity contribution in [1.82, 2.24) is 0 Å². The second-order valence-electron chi connectivity index (χ2n) is 7.75. The number of aldehydes is 1. The first-order valence-electron chi connectivity index (χ1n) is 8.66. The van der Waals surface area contributed by atoms with Crippen LogP contribution in [0.4, 0.5) is 0 Å². The lowest BCUT2D eigenvalue weighted by Gasteiger charge is -2.49. The second-order valence-corrected chi connectivity index (χ2v) is 8.54. The summed E-state index contributed by atoms with van der Waals surface area (Å²) < 4.78 is 1.13. The van der Waals surface area contributed by atoms with E-state index >= 15 is 0 Å². The topological polar surface area (TPSA) is 54.4 Å². The number of carbonyl (C=O) groups is 2. The van der Waals surface area contributed by atoms with Gasteiger partial charge in [0, 0.05) is 15.5 Å². The first-order chi connectivity index (χ1) is 11.5. The first kappa shape index (κ1) is 16.1. The Hall–Kier alpha value is -1.42. The Morgan fingerprint density at radius 1 is 1.38 bits per heavy atom. The number of rotatable bonds is 2. The average Bonchev–Trinajstić information content (AvgIpc) is 2.85. The van der Waals surface area contributed by atoms with Crippen LogP contribution < -0.4 is 0 Å². The molecule has 3 aliphatic carbocycles. The van der Waals surface area contributed by atoms with Crippen molar-refractivity contribution in [3.05, 3.63) is 44.9 Å². The molecule has 4 atom stereocenters. The molecule has 1 fully saturated rings. The number of carboxylic acids is 1. The summed E-state index contributed by atoms with van der Waals surface area (Å²) in [6, 6.07) is 5.65. The van der Waals surface area contributed by atoms with Crippen LogP contribution in [0.2, 0.25) is 0 Å². The number of benzene rings is 1. The zero-order valence-electron chi connectivity index (χ0n) is 13.7. The normalized spacial score (nSPS) is 34.3. The maximum absolute atomic E-state index is 11.4. The number of hydrogen-bond acceptors (Lipinski definition) is 2. The third kappa shape index (κ3) is 2.15. The number of aromatic carboxylic acids is 1. The number of carboxylic acid groups (broad SMARTS) is 1. The fourth-order valence-corrected chi connectivity index (χ4v) is 6.23. The van der Waals surface area contributed by atoms with Crippen molar-refractivity contribution >= 4 is 28.2 Å². The van der Waals surface area contributed by atoms with Gasteiger partial charge in [-0.1, -0.05) is 28.9 Å². The molecule has 0 heterocycles. The van der Waals surface area contributed by atoms with E-state index in [0.717, 1.165) is 48.4 Å². The van der Waals surface area contributed by atoms with E-state index in [1.165, 1.54) is 11.1 Å². The SMILES string of the molecule is CC12CCC3c4ccc(C(=O)O)cc4CCC3C1CC(C=O)=C2Br. The highest BCUT2D eigenvalue weighted by Gasteiger charge is 2.53. The summed E-state index contributed by atoms with van der Waals surface area (Å²) in [5, 5.41) is 9.22. The van der Waals surface area contributed by atoms with Crippen molar-refractivity contribution in [2.45, 2.75) is 44.9 Å². The largest absolute Gasteiger partial charge is 0.478 e. The molecule has 4 unspecified atom stereocenters. The van der Waals surface area contributed by atoms with Crippen LogP contribution in [0.25, 0.3) is 0 Å². The Labute approximate surface area is 150 Å². The van der Waals surface area contributed by atoms with Gasteiger partial charge in [0.15, 0.2) is 0 Å². The second kappa shape index (κ2) is 5.55. The maximum atomic E-state index is 11.4. The van der Waals surface area contributed by atoms with E-state index < -0.39 is 5.97 Å². The van der Waals surface area contributed by atoms with Gasteiger partial charge in [-0.25, -0.2) is 4.79 Å². The minimum absolute atomic E-state index is 0.0932. The van der Waals surface area contributed by atoms with Gasteiger partial charge in [-0.15, -0.1) is 0 Å². The molecule has 0 amide bonds. The van der Waals surface area contributed by atoms with E-state index in [4.69, 9.17) is 0 Å². The Morgan fingerprint density at radius 3 is 2.88 bits per heavy atom. The molecule has 0 radical (unpaired) electrons. The van der Waals surface area contributed by atoms with Crippen LogP contribution in [0.1, 0.15) is 60.0 Å². The lowest BCUT2D eigenvalue weighted by molar-refractivity contribution is -0.105. The number of hydrogen-bond donors (Lipinski definition) is 1. The number of fused-ring (bicyclic) bond motifs is 5. The quantitative estimate of drug-likeness (QED) is 0.746. The van der Waals surface area contributed by atoms with Crippen LogP contribution in [0, 0.1) is 17.3 Å². The zero-order valence-corrected chi connectivity index (χ0v) is 15.3. The van der Waals surface area contributed by atoms with Crippen LogP contribution in [0.3, 0.4) is 0 Å². The van der Waals surface area contributed by atoms with Crippen molar-refractivity contribution < 1.29 is 14.7 Å². The molecular weight excluding hydrogens is 368 g/mol. The average molecular weight is 389 g/mol. The molecule has 1 aromatic rings. The third-order valence-corrected chi connectivity index (χ3v) is 8.14. The van der Waals surface area contributed by atoms with Crippen LogP contribution in [-0.4, -0.2) is 17.4 Å². The summed E-state index contributed by atoms with van der Waals surface area (Å²) in [5.74, 6) is 0.742. The Morgan fingerprint density at radius 2 is 2.17 bits per heavy atom. The highest BCUT2D eigenvalue weighted by molar-refractivity contribution is 9.11. The highest BCUT2D eigenvalue weighted by Crippen LogP contribution is 2.63. The lowest BCUT2D eigenvalue weighted by Crippen LogP contribution is -2.40. The van der Waals surface area contributed by atoms with Gasteiger partial charge in [-0.05, 0) is 73.1 Å². The number of halogens is 1. The molecule has 0 aromatic heterocycles. The summed E-state index contributed by atoms with van der Waals surface area (Å²) in [5.41, 5.74) is 3.97. The lowest BCUT2D eigenvalue weighted by atomic mass is 9.55. The van der Waals surface area contributed by atoms with Gasteiger partial charge >= 0.3 is 5.97 Å². The first-order valence-corrected chi connectivity index (χ1v) is 9.45. The third-order valence-electron chi connectivity index (χ3n) is 6.73. The minimum Gasteiger partial charge on any atom is -0.478 e. The molecule has 0 saturated heterocycles. The summed E-state index contributed by atoms with van der Waals surface area (Å²) in [6.45, 7) is 2.30. The van der Waals surface area contributed by atoms with E-state index in [1.54, 1.807) is 6.07 Å². The van der Waals surface area contributed by atoms with Crippen molar-refractivity contribution in [3.63, 3.8) is 0 Å². The van der Waals surface area contributed by atoms with E-state index in [1.807, 2.05) is 12.1 Å². The molecule has 4 rings (SSSR count). The van der Waals surface area contributed by atoms with E-state index in [2.05, 4.69) is 22.9 Å². The molecule has 3 aliphatic rings.